The van der Waals surface area contributed by atoms with Crippen LogP contribution < -0.4 is 10.6 Å². The van der Waals surface area contributed by atoms with Gasteiger partial charge in [-0.05, 0) is 20.3 Å². The maximum atomic E-state index is 11.9. The first-order chi connectivity index (χ1) is 9.67. The molecule has 0 radical (unpaired) electrons. The lowest BCUT2D eigenvalue weighted by Crippen LogP contribution is -2.41. The number of urea groups is 1. The predicted molar refractivity (Wildman–Crippen MR) is 73.4 cm³/mol. The van der Waals surface area contributed by atoms with E-state index in [-0.39, 0.29) is 31.2 Å². The lowest BCUT2D eigenvalue weighted by molar-refractivity contribution is -0.137. The fourth-order valence-corrected chi connectivity index (χ4v) is 2.04. The van der Waals surface area contributed by atoms with Crippen molar-refractivity contribution in [2.75, 3.05) is 6.54 Å². The number of hydrogen-bond acceptors (Lipinski definition) is 4. The second-order valence-corrected chi connectivity index (χ2v) is 5.53. The summed E-state index contributed by atoms with van der Waals surface area (Å²) in [6.07, 6.45) is 0.290. The Morgan fingerprint density at radius 1 is 1.38 bits per heavy atom. The van der Waals surface area contributed by atoms with Crippen molar-refractivity contribution in [1.82, 2.24) is 15.5 Å². The van der Waals surface area contributed by atoms with Crippen LogP contribution in [-0.4, -0.2) is 51.9 Å². The fourth-order valence-electron chi connectivity index (χ4n) is 2.04. The number of hydrogen-bond donors (Lipinski definition) is 3. The van der Waals surface area contributed by atoms with E-state index in [9.17, 15) is 19.2 Å². The zero-order chi connectivity index (χ0) is 16.2. The number of imide groups is 1. The van der Waals surface area contributed by atoms with Crippen LogP contribution in [0.4, 0.5) is 4.79 Å². The summed E-state index contributed by atoms with van der Waals surface area (Å²) in [5, 5.41) is 13.8. The molecular weight excluding hydrogens is 278 g/mol. The van der Waals surface area contributed by atoms with E-state index in [4.69, 9.17) is 5.11 Å². The van der Waals surface area contributed by atoms with Gasteiger partial charge in [-0.1, -0.05) is 6.92 Å². The van der Waals surface area contributed by atoms with Crippen LogP contribution in [0.2, 0.25) is 0 Å². The number of nitrogens with zero attached hydrogens (tertiary/aromatic N) is 1. The van der Waals surface area contributed by atoms with Gasteiger partial charge in [-0.2, -0.15) is 0 Å². The third-order valence-corrected chi connectivity index (χ3v) is 3.29. The molecule has 1 unspecified atom stereocenters. The summed E-state index contributed by atoms with van der Waals surface area (Å²) in [6, 6.07) is -0.968. The summed E-state index contributed by atoms with van der Waals surface area (Å²) in [5.74, 6) is -1.75. The highest BCUT2D eigenvalue weighted by atomic mass is 16.4. The molecule has 1 atom stereocenters. The summed E-state index contributed by atoms with van der Waals surface area (Å²) >= 11 is 0. The third-order valence-electron chi connectivity index (χ3n) is 3.29. The van der Waals surface area contributed by atoms with Crippen LogP contribution in [0.1, 0.15) is 40.0 Å². The molecule has 1 rings (SSSR count). The molecule has 0 spiro atoms. The molecule has 21 heavy (non-hydrogen) atoms. The van der Waals surface area contributed by atoms with E-state index < -0.39 is 23.6 Å². The number of aliphatic carboxylic acids is 1. The second kappa shape index (κ2) is 6.55. The Balaban J connectivity index is 2.48. The number of carboxylic acids is 1. The highest BCUT2D eigenvalue weighted by Gasteiger charge is 2.43. The number of carbonyl (C=O) groups excluding carboxylic acids is 3. The Morgan fingerprint density at radius 2 is 2.00 bits per heavy atom. The van der Waals surface area contributed by atoms with Gasteiger partial charge in [-0.15, -0.1) is 0 Å². The Hall–Kier alpha value is -2.12. The monoisotopic (exact) mass is 299 g/mol. The minimum absolute atomic E-state index is 0.0244. The lowest BCUT2D eigenvalue weighted by atomic mass is 10.1. The molecule has 1 saturated heterocycles. The molecule has 0 aromatic carbocycles. The molecule has 1 aliphatic heterocycles. The molecule has 1 aliphatic rings. The summed E-state index contributed by atoms with van der Waals surface area (Å²) in [4.78, 5) is 46.9. The van der Waals surface area contributed by atoms with Gasteiger partial charge in [-0.25, -0.2) is 4.79 Å². The number of rotatable bonds is 7. The third kappa shape index (κ3) is 4.44. The summed E-state index contributed by atoms with van der Waals surface area (Å²) < 4.78 is 0. The van der Waals surface area contributed by atoms with Crippen LogP contribution in [0.25, 0.3) is 0 Å². The van der Waals surface area contributed by atoms with Gasteiger partial charge in [0.05, 0.1) is 6.42 Å². The maximum absolute atomic E-state index is 11.9. The molecule has 8 nitrogen and oxygen atoms in total. The first-order valence-corrected chi connectivity index (χ1v) is 6.82. The SMILES string of the molecule is CCC(CC(=O)O)NC(=O)CCN1C(=O)NC(C)(C)C1=O. The van der Waals surface area contributed by atoms with Crippen molar-refractivity contribution in [1.29, 1.82) is 0 Å². The van der Waals surface area contributed by atoms with Crippen molar-refractivity contribution in [3.63, 3.8) is 0 Å². The van der Waals surface area contributed by atoms with Crippen LogP contribution in [0.3, 0.4) is 0 Å². The Kier molecular flexibility index (Phi) is 5.28. The van der Waals surface area contributed by atoms with E-state index in [0.29, 0.717) is 6.42 Å². The van der Waals surface area contributed by atoms with Gasteiger partial charge in [0.1, 0.15) is 5.54 Å². The van der Waals surface area contributed by atoms with Gasteiger partial charge in [-0.3, -0.25) is 19.3 Å². The van der Waals surface area contributed by atoms with Gasteiger partial charge in [0, 0.05) is 19.0 Å². The molecule has 4 amide bonds. The largest absolute Gasteiger partial charge is 0.481 e. The van der Waals surface area contributed by atoms with Gasteiger partial charge in [0.25, 0.3) is 5.91 Å². The van der Waals surface area contributed by atoms with Crippen LogP contribution in [-0.2, 0) is 14.4 Å². The molecule has 0 bridgehead atoms. The minimum atomic E-state index is -0.988. The second-order valence-electron chi connectivity index (χ2n) is 5.53. The summed E-state index contributed by atoms with van der Waals surface area (Å²) in [7, 11) is 0. The van der Waals surface area contributed by atoms with Gasteiger partial charge in [0.15, 0.2) is 0 Å². The number of carboxylic acid groups (broad SMARTS) is 1. The van der Waals surface area contributed by atoms with Gasteiger partial charge >= 0.3 is 12.0 Å². The Labute approximate surface area is 122 Å². The molecule has 0 aromatic rings. The Bertz CT molecular complexity index is 461. The highest BCUT2D eigenvalue weighted by molar-refractivity contribution is 6.06. The van der Waals surface area contributed by atoms with Crippen molar-refractivity contribution >= 4 is 23.8 Å². The first kappa shape index (κ1) is 16.9. The fraction of sp³-hybridized carbons (Fsp3) is 0.692. The van der Waals surface area contributed by atoms with Crippen molar-refractivity contribution < 1.29 is 24.3 Å². The maximum Gasteiger partial charge on any atom is 0.325 e. The molecule has 0 aliphatic carbocycles. The van der Waals surface area contributed by atoms with Crippen molar-refractivity contribution in [3.05, 3.63) is 0 Å². The zero-order valence-corrected chi connectivity index (χ0v) is 12.4. The highest BCUT2D eigenvalue weighted by Crippen LogP contribution is 2.16. The molecule has 118 valence electrons. The minimum Gasteiger partial charge on any atom is -0.481 e. The van der Waals surface area contributed by atoms with Crippen LogP contribution in [0.15, 0.2) is 0 Å². The quantitative estimate of drug-likeness (QED) is 0.576. The van der Waals surface area contributed by atoms with E-state index in [0.717, 1.165) is 4.90 Å². The summed E-state index contributed by atoms with van der Waals surface area (Å²) in [6.45, 7) is 4.93. The Morgan fingerprint density at radius 3 is 2.43 bits per heavy atom. The van der Waals surface area contributed by atoms with E-state index in [2.05, 4.69) is 10.6 Å². The molecule has 1 heterocycles. The van der Waals surface area contributed by atoms with Crippen LogP contribution in [0, 0.1) is 0 Å². The smallest absolute Gasteiger partial charge is 0.325 e. The van der Waals surface area contributed by atoms with Gasteiger partial charge < -0.3 is 15.7 Å². The number of nitrogens with one attached hydrogen (secondary N) is 2. The summed E-state index contributed by atoms with van der Waals surface area (Å²) in [5.41, 5.74) is -0.956. The average Bonchev–Trinajstić information content (AvgIpc) is 2.55. The van der Waals surface area contributed by atoms with Gasteiger partial charge in [0.2, 0.25) is 5.91 Å². The van der Waals surface area contributed by atoms with Crippen LogP contribution in [0.5, 0.6) is 0 Å². The van der Waals surface area contributed by atoms with E-state index in [1.807, 2.05) is 0 Å². The van der Waals surface area contributed by atoms with Crippen molar-refractivity contribution in [2.24, 2.45) is 0 Å². The topological polar surface area (TPSA) is 116 Å². The van der Waals surface area contributed by atoms with E-state index in [1.54, 1.807) is 20.8 Å². The zero-order valence-electron chi connectivity index (χ0n) is 12.4. The molecule has 0 saturated carbocycles. The molecule has 0 aromatic heterocycles. The first-order valence-electron chi connectivity index (χ1n) is 6.82. The lowest BCUT2D eigenvalue weighted by Gasteiger charge is -2.17. The number of amides is 4. The van der Waals surface area contributed by atoms with E-state index in [1.165, 1.54) is 0 Å². The molecule has 1 fully saturated rings. The molecule has 3 N–H and O–H groups in total. The molecule has 8 heteroatoms. The van der Waals surface area contributed by atoms with Crippen molar-refractivity contribution in [2.45, 2.75) is 51.6 Å². The predicted octanol–water partition coefficient (Wildman–Crippen LogP) is 0.0764. The number of carbonyl (C=O) groups is 4. The average molecular weight is 299 g/mol. The normalized spacial score (nSPS) is 18.3. The van der Waals surface area contributed by atoms with Crippen molar-refractivity contribution in [3.8, 4) is 0 Å². The standard InChI is InChI=1S/C13H21N3O5/c1-4-8(7-10(18)19)14-9(17)5-6-16-11(20)13(2,3)15-12(16)21/h8H,4-7H2,1-3H3,(H,14,17)(H,15,21)(H,18,19). The van der Waals surface area contributed by atoms with E-state index >= 15 is 0 Å². The van der Waals surface area contributed by atoms with Crippen LogP contribution >= 0.6 is 0 Å². The molecular formula is C13H21N3O5.